The van der Waals surface area contributed by atoms with Crippen molar-refractivity contribution in [3.63, 3.8) is 0 Å². The number of benzene rings is 3. The van der Waals surface area contributed by atoms with E-state index in [1.54, 1.807) is 30.5 Å². The molecule has 0 aliphatic rings. The van der Waals surface area contributed by atoms with Gasteiger partial charge in [-0.3, -0.25) is 5.10 Å². The Morgan fingerprint density at radius 3 is 2.29 bits per heavy atom. The number of aliphatic carboxylic acids is 1. The third-order valence-electron chi connectivity index (χ3n) is 5.86. The van der Waals surface area contributed by atoms with Gasteiger partial charge in [0.1, 0.15) is 5.82 Å². The van der Waals surface area contributed by atoms with Crippen molar-refractivity contribution < 1.29 is 22.7 Å². The number of hydrogen-bond acceptors (Lipinski definition) is 4. The number of carboxylic acids is 1. The highest BCUT2D eigenvalue weighted by Crippen LogP contribution is 2.37. The van der Waals surface area contributed by atoms with Crippen molar-refractivity contribution in [3.05, 3.63) is 102 Å². The van der Waals surface area contributed by atoms with Gasteiger partial charge in [0.05, 0.1) is 22.2 Å². The summed E-state index contributed by atoms with van der Waals surface area (Å²) in [5, 5.41) is 17.1. The number of aromatic amines is 1. The quantitative estimate of drug-likeness (QED) is 0.260. The molecule has 0 spiro atoms. The first-order chi connectivity index (χ1) is 16.6. The molecule has 8 heteroatoms. The zero-order valence-electron chi connectivity index (χ0n) is 19.2. The smallest absolute Gasteiger partial charge is 0.335 e. The molecule has 1 heterocycles. The van der Waals surface area contributed by atoms with E-state index in [2.05, 4.69) is 16.8 Å². The van der Waals surface area contributed by atoms with Crippen LogP contribution < -0.4 is 0 Å². The molecule has 0 aliphatic carbocycles. The van der Waals surface area contributed by atoms with Crippen molar-refractivity contribution in [2.24, 2.45) is 0 Å². The Balaban J connectivity index is 1.97. The Morgan fingerprint density at radius 2 is 1.69 bits per heavy atom. The van der Waals surface area contributed by atoms with Crippen LogP contribution in [-0.2, 0) is 14.6 Å². The lowest BCUT2D eigenvalue weighted by atomic mass is 9.87. The van der Waals surface area contributed by atoms with Crippen LogP contribution in [-0.4, -0.2) is 35.9 Å². The highest BCUT2D eigenvalue weighted by atomic mass is 32.2. The number of sulfone groups is 1. The summed E-state index contributed by atoms with van der Waals surface area (Å²) in [7, 11) is -3.56. The van der Waals surface area contributed by atoms with Crippen molar-refractivity contribution in [1.82, 2.24) is 10.2 Å². The second-order valence-electron chi connectivity index (χ2n) is 8.15. The number of carboxylic acid groups (broad SMARTS) is 1. The number of hydrogen-bond donors (Lipinski definition) is 2. The highest BCUT2D eigenvalue weighted by Gasteiger charge is 2.19. The Morgan fingerprint density at radius 1 is 1.03 bits per heavy atom. The van der Waals surface area contributed by atoms with Crippen LogP contribution in [0, 0.1) is 5.82 Å². The van der Waals surface area contributed by atoms with Crippen molar-refractivity contribution in [3.8, 4) is 0 Å². The minimum atomic E-state index is -3.56. The molecule has 2 N–H and O–H groups in total. The molecule has 178 valence electrons. The summed E-state index contributed by atoms with van der Waals surface area (Å²) in [5.41, 5.74) is 4.56. The van der Waals surface area contributed by atoms with Crippen molar-refractivity contribution in [2.75, 3.05) is 6.26 Å². The Kier molecular flexibility index (Phi) is 6.41. The topological polar surface area (TPSA) is 100 Å². The number of carbonyl (C=O) groups is 1. The first-order valence-corrected chi connectivity index (χ1v) is 12.7. The predicted molar refractivity (Wildman–Crippen MR) is 135 cm³/mol. The summed E-state index contributed by atoms with van der Waals surface area (Å²) in [6, 6.07) is 16.5. The van der Waals surface area contributed by atoms with Crippen LogP contribution in [0.25, 0.3) is 27.6 Å². The average molecular weight is 491 g/mol. The highest BCUT2D eigenvalue weighted by molar-refractivity contribution is 7.90. The standard InChI is InChI=1S/C27H23FN2O4S/c1-4-22(23-11-10-21(14-24(23)28)35(3,33)34)26(19-9-12-25-20(13-19)15-29-30-25)18-7-5-17(6-8-18)16(2)27(31)32/h5-15H,2,4H2,1,3H3,(H,29,30)(H,31,32)/b26-22+. The lowest BCUT2D eigenvalue weighted by Gasteiger charge is -2.18. The summed E-state index contributed by atoms with van der Waals surface area (Å²) in [6.45, 7) is 5.50. The second kappa shape index (κ2) is 9.31. The fourth-order valence-electron chi connectivity index (χ4n) is 4.05. The van der Waals surface area contributed by atoms with E-state index in [4.69, 9.17) is 0 Å². The van der Waals surface area contributed by atoms with E-state index < -0.39 is 21.6 Å². The molecule has 4 aromatic rings. The molecule has 6 nitrogen and oxygen atoms in total. The molecule has 3 aromatic carbocycles. The number of nitrogens with zero attached hydrogens (tertiary/aromatic N) is 1. The third-order valence-corrected chi connectivity index (χ3v) is 6.97. The fraction of sp³-hybridized carbons (Fsp3) is 0.111. The summed E-state index contributed by atoms with van der Waals surface area (Å²) < 4.78 is 39.1. The maximum absolute atomic E-state index is 15.3. The molecular formula is C27H23FN2O4S. The van der Waals surface area contributed by atoms with Gasteiger partial charge < -0.3 is 5.11 Å². The minimum absolute atomic E-state index is 0.0278. The summed E-state index contributed by atoms with van der Waals surface area (Å²) in [6.07, 6.45) is 3.19. The van der Waals surface area contributed by atoms with Gasteiger partial charge in [-0.2, -0.15) is 5.10 Å². The number of allylic oxidation sites excluding steroid dienone is 1. The van der Waals surface area contributed by atoms with E-state index >= 15 is 4.39 Å². The van der Waals surface area contributed by atoms with E-state index in [-0.39, 0.29) is 10.5 Å². The molecule has 0 saturated carbocycles. The summed E-state index contributed by atoms with van der Waals surface area (Å²) >= 11 is 0. The van der Waals surface area contributed by atoms with Gasteiger partial charge in [-0.25, -0.2) is 17.6 Å². The molecule has 0 bridgehead atoms. The van der Waals surface area contributed by atoms with Gasteiger partial charge in [0, 0.05) is 17.2 Å². The largest absolute Gasteiger partial charge is 0.478 e. The van der Waals surface area contributed by atoms with Crippen LogP contribution in [0.5, 0.6) is 0 Å². The normalized spacial score (nSPS) is 12.4. The van der Waals surface area contributed by atoms with Crippen LogP contribution >= 0.6 is 0 Å². The summed E-state index contributed by atoms with van der Waals surface area (Å²) in [5.74, 6) is -1.75. The van der Waals surface area contributed by atoms with Gasteiger partial charge in [0.15, 0.2) is 9.84 Å². The van der Waals surface area contributed by atoms with Crippen molar-refractivity contribution >= 4 is 43.4 Å². The maximum Gasteiger partial charge on any atom is 0.335 e. The van der Waals surface area contributed by atoms with Crippen LogP contribution in [0.3, 0.4) is 0 Å². The van der Waals surface area contributed by atoms with Gasteiger partial charge >= 0.3 is 5.97 Å². The van der Waals surface area contributed by atoms with Crippen molar-refractivity contribution in [2.45, 2.75) is 18.2 Å². The van der Waals surface area contributed by atoms with E-state index in [1.165, 1.54) is 12.1 Å². The number of aromatic nitrogens is 2. The number of nitrogens with one attached hydrogen (secondary N) is 1. The zero-order valence-corrected chi connectivity index (χ0v) is 20.0. The number of fused-ring (bicyclic) bond motifs is 1. The lowest BCUT2D eigenvalue weighted by molar-refractivity contribution is -0.130. The Labute approximate surface area is 202 Å². The average Bonchev–Trinajstić information content (AvgIpc) is 3.30. The first-order valence-electron chi connectivity index (χ1n) is 10.8. The first kappa shape index (κ1) is 24.1. The molecule has 0 radical (unpaired) electrons. The molecule has 4 rings (SSSR count). The molecule has 1 aromatic heterocycles. The monoisotopic (exact) mass is 490 g/mol. The minimum Gasteiger partial charge on any atom is -0.478 e. The number of H-pyrrole nitrogens is 1. The molecule has 0 atom stereocenters. The molecule has 0 unspecified atom stereocenters. The number of halogens is 1. The van der Waals surface area contributed by atoms with Crippen molar-refractivity contribution in [1.29, 1.82) is 0 Å². The van der Waals surface area contributed by atoms with E-state index in [9.17, 15) is 18.3 Å². The number of rotatable bonds is 7. The molecule has 0 aliphatic heterocycles. The fourth-order valence-corrected chi connectivity index (χ4v) is 4.68. The van der Waals surface area contributed by atoms with E-state index in [1.807, 2.05) is 25.1 Å². The third kappa shape index (κ3) is 4.79. The molecule has 0 fully saturated rings. The zero-order chi connectivity index (χ0) is 25.3. The molecular weight excluding hydrogens is 467 g/mol. The van der Waals surface area contributed by atoms with E-state index in [0.717, 1.165) is 39.9 Å². The van der Waals surface area contributed by atoms with Gasteiger partial charge in [-0.15, -0.1) is 0 Å². The second-order valence-corrected chi connectivity index (χ2v) is 10.2. The van der Waals surface area contributed by atoms with Gasteiger partial charge in [-0.1, -0.05) is 49.9 Å². The van der Waals surface area contributed by atoms with Gasteiger partial charge in [0.2, 0.25) is 0 Å². The van der Waals surface area contributed by atoms with Crippen LogP contribution in [0.4, 0.5) is 4.39 Å². The Hall–Kier alpha value is -4.04. The maximum atomic E-state index is 15.3. The van der Waals surface area contributed by atoms with Crippen LogP contribution in [0.1, 0.15) is 35.6 Å². The van der Waals surface area contributed by atoms with Gasteiger partial charge in [-0.05, 0) is 58.5 Å². The van der Waals surface area contributed by atoms with Crippen LogP contribution in [0.15, 0.2) is 78.3 Å². The van der Waals surface area contributed by atoms with E-state index in [0.29, 0.717) is 23.1 Å². The van der Waals surface area contributed by atoms with Gasteiger partial charge in [0.25, 0.3) is 0 Å². The molecule has 35 heavy (non-hydrogen) atoms. The SMILES string of the molecule is C=C(C(=O)O)c1ccc(/C(=C(/CC)c2ccc(S(C)(=O)=O)cc2F)c2ccc3[nH]ncc3c2)cc1. The van der Waals surface area contributed by atoms with Crippen LogP contribution in [0.2, 0.25) is 0 Å². The Bertz CT molecular complexity index is 1600. The summed E-state index contributed by atoms with van der Waals surface area (Å²) in [4.78, 5) is 11.2. The molecule has 0 amide bonds. The lowest BCUT2D eigenvalue weighted by Crippen LogP contribution is -2.02. The predicted octanol–water partition coefficient (Wildman–Crippen LogP) is 5.57. The molecule has 0 saturated heterocycles.